The second-order valence-corrected chi connectivity index (χ2v) is 11.3. The van der Waals surface area contributed by atoms with Gasteiger partial charge >= 0.3 is 0 Å². The van der Waals surface area contributed by atoms with Gasteiger partial charge in [-0.3, -0.25) is 4.79 Å². The molecular formula is C30H30FN3O5S. The van der Waals surface area contributed by atoms with Gasteiger partial charge in [0.1, 0.15) is 23.2 Å². The highest BCUT2D eigenvalue weighted by molar-refractivity contribution is 7.90. The number of benzene rings is 2. The van der Waals surface area contributed by atoms with Gasteiger partial charge in [0.15, 0.2) is 5.03 Å². The third-order valence-electron chi connectivity index (χ3n) is 5.78. The van der Waals surface area contributed by atoms with E-state index in [0.29, 0.717) is 29.3 Å². The smallest absolute Gasteiger partial charge is 0.281 e. The molecule has 2 aromatic carbocycles. The lowest BCUT2D eigenvalue weighted by Gasteiger charge is -2.18. The number of nitrogens with zero attached hydrogens (tertiary/aromatic N) is 2. The molecule has 4 aromatic rings. The van der Waals surface area contributed by atoms with Crippen molar-refractivity contribution in [3.8, 4) is 22.9 Å². The van der Waals surface area contributed by atoms with Crippen molar-refractivity contribution in [3.63, 3.8) is 0 Å². The minimum Gasteiger partial charge on any atom is -0.493 e. The Morgan fingerprint density at radius 1 is 0.950 bits per heavy atom. The maximum absolute atomic E-state index is 14.5. The molecule has 0 bridgehead atoms. The summed E-state index contributed by atoms with van der Waals surface area (Å²) in [4.78, 5) is 21.8. The number of hydrogen-bond donors (Lipinski definition) is 1. The molecule has 4 rings (SSSR count). The number of halogens is 1. The predicted molar refractivity (Wildman–Crippen MR) is 149 cm³/mol. The normalized spacial score (nSPS) is 12.2. The van der Waals surface area contributed by atoms with Crippen LogP contribution in [0.4, 0.5) is 4.39 Å². The fourth-order valence-corrected chi connectivity index (χ4v) is 4.76. The summed E-state index contributed by atoms with van der Waals surface area (Å²) in [6, 6.07) is 20.8. The Morgan fingerprint density at radius 3 is 2.40 bits per heavy atom. The number of rotatable bonds is 10. The highest BCUT2D eigenvalue weighted by Gasteiger charge is 2.25. The second kappa shape index (κ2) is 12.3. The highest BCUT2D eigenvalue weighted by atomic mass is 32.2. The number of carbonyl (C=O) groups excluding carboxylic acids is 1. The van der Waals surface area contributed by atoms with Crippen molar-refractivity contribution in [2.75, 3.05) is 6.61 Å². The molecule has 0 radical (unpaired) electrons. The number of pyridine rings is 2. The SMILES string of the molecule is Cc1cccc(S(=O)(=O)NC(=O)c2ccc(-c3cc(F)cc(OCC(C)C)c3)nc2OC(C)c2ccccc2)n1. The number of aromatic nitrogens is 2. The number of aryl methyl sites for hydroxylation is 1. The third kappa shape index (κ3) is 7.20. The van der Waals surface area contributed by atoms with Crippen molar-refractivity contribution in [2.45, 2.75) is 38.8 Å². The van der Waals surface area contributed by atoms with E-state index in [1.165, 1.54) is 36.4 Å². The van der Waals surface area contributed by atoms with Crippen LogP contribution in [0.2, 0.25) is 0 Å². The Hall–Kier alpha value is -4.31. The monoisotopic (exact) mass is 563 g/mol. The lowest BCUT2D eigenvalue weighted by molar-refractivity contribution is 0.0973. The van der Waals surface area contributed by atoms with Gasteiger partial charge in [-0.05, 0) is 61.7 Å². The van der Waals surface area contributed by atoms with Crippen LogP contribution in [0.1, 0.15) is 48.5 Å². The van der Waals surface area contributed by atoms with Gasteiger partial charge in [-0.25, -0.2) is 19.1 Å². The predicted octanol–water partition coefficient (Wildman–Crippen LogP) is 5.88. The summed E-state index contributed by atoms with van der Waals surface area (Å²) in [5, 5.41) is -0.292. The van der Waals surface area contributed by atoms with E-state index in [0.717, 1.165) is 5.56 Å². The molecule has 0 aliphatic rings. The van der Waals surface area contributed by atoms with Crippen LogP contribution in [0, 0.1) is 18.7 Å². The highest BCUT2D eigenvalue weighted by Crippen LogP contribution is 2.30. The number of ether oxygens (including phenoxy) is 2. The lowest BCUT2D eigenvalue weighted by Crippen LogP contribution is -2.31. The van der Waals surface area contributed by atoms with Crippen molar-refractivity contribution < 1.29 is 27.1 Å². The summed E-state index contributed by atoms with van der Waals surface area (Å²) in [6.45, 7) is 7.80. The van der Waals surface area contributed by atoms with E-state index in [9.17, 15) is 17.6 Å². The Balaban J connectivity index is 1.72. The van der Waals surface area contributed by atoms with Gasteiger partial charge in [0.2, 0.25) is 5.88 Å². The molecule has 10 heteroatoms. The average molecular weight is 564 g/mol. The lowest BCUT2D eigenvalue weighted by atomic mass is 10.1. The molecule has 1 amide bonds. The third-order valence-corrected chi connectivity index (χ3v) is 7.01. The van der Waals surface area contributed by atoms with Gasteiger partial charge in [-0.2, -0.15) is 8.42 Å². The van der Waals surface area contributed by atoms with Crippen molar-refractivity contribution in [2.24, 2.45) is 5.92 Å². The van der Waals surface area contributed by atoms with Gasteiger partial charge in [0, 0.05) is 17.3 Å². The fraction of sp³-hybridized carbons (Fsp3) is 0.233. The molecule has 1 unspecified atom stereocenters. The molecule has 0 fully saturated rings. The number of sulfonamides is 1. The maximum Gasteiger partial charge on any atom is 0.281 e. The quantitative estimate of drug-likeness (QED) is 0.257. The van der Waals surface area contributed by atoms with E-state index in [1.54, 1.807) is 26.0 Å². The summed E-state index contributed by atoms with van der Waals surface area (Å²) >= 11 is 0. The Kier molecular flexibility index (Phi) is 8.79. The summed E-state index contributed by atoms with van der Waals surface area (Å²) < 4.78 is 54.1. The number of nitrogens with one attached hydrogen (secondary N) is 1. The van der Waals surface area contributed by atoms with Gasteiger partial charge in [0.25, 0.3) is 15.9 Å². The van der Waals surface area contributed by atoms with Crippen LogP contribution < -0.4 is 14.2 Å². The summed E-state index contributed by atoms with van der Waals surface area (Å²) in [5.74, 6) is -1.00. The first-order valence-corrected chi connectivity index (χ1v) is 14.2. The average Bonchev–Trinajstić information content (AvgIpc) is 2.91. The van der Waals surface area contributed by atoms with E-state index >= 15 is 0 Å². The first-order chi connectivity index (χ1) is 19.0. The Labute approximate surface area is 233 Å². The van der Waals surface area contributed by atoms with Crippen LogP contribution in [0.3, 0.4) is 0 Å². The summed E-state index contributed by atoms with van der Waals surface area (Å²) in [6.07, 6.45) is -0.539. The maximum atomic E-state index is 14.5. The zero-order valence-electron chi connectivity index (χ0n) is 22.6. The molecular weight excluding hydrogens is 533 g/mol. The van der Waals surface area contributed by atoms with Crippen LogP contribution in [0.5, 0.6) is 11.6 Å². The minimum absolute atomic E-state index is 0.115. The topological polar surface area (TPSA) is 107 Å². The van der Waals surface area contributed by atoms with Crippen molar-refractivity contribution >= 4 is 15.9 Å². The largest absolute Gasteiger partial charge is 0.493 e. The molecule has 2 aromatic heterocycles. The molecule has 1 atom stereocenters. The Bertz CT molecular complexity index is 1610. The fourth-order valence-electron chi connectivity index (χ4n) is 3.78. The van der Waals surface area contributed by atoms with Crippen molar-refractivity contribution in [3.05, 3.63) is 102 Å². The zero-order valence-corrected chi connectivity index (χ0v) is 23.4. The van der Waals surface area contributed by atoms with E-state index in [1.807, 2.05) is 48.9 Å². The van der Waals surface area contributed by atoms with Crippen LogP contribution >= 0.6 is 0 Å². The van der Waals surface area contributed by atoms with Crippen LogP contribution in [-0.2, 0) is 10.0 Å². The minimum atomic E-state index is -4.27. The van der Waals surface area contributed by atoms with Crippen LogP contribution in [-0.4, -0.2) is 30.9 Å². The molecule has 0 aliphatic heterocycles. The summed E-state index contributed by atoms with van der Waals surface area (Å²) in [7, 11) is -4.27. The summed E-state index contributed by atoms with van der Waals surface area (Å²) in [5.41, 5.74) is 1.89. The van der Waals surface area contributed by atoms with Gasteiger partial charge in [-0.1, -0.05) is 50.2 Å². The first kappa shape index (κ1) is 28.7. The van der Waals surface area contributed by atoms with Gasteiger partial charge in [-0.15, -0.1) is 0 Å². The van der Waals surface area contributed by atoms with E-state index in [-0.39, 0.29) is 22.4 Å². The van der Waals surface area contributed by atoms with E-state index in [4.69, 9.17) is 9.47 Å². The molecule has 8 nitrogen and oxygen atoms in total. The molecule has 0 saturated heterocycles. The Morgan fingerprint density at radius 2 is 1.70 bits per heavy atom. The second-order valence-electron chi connectivity index (χ2n) is 9.65. The van der Waals surface area contributed by atoms with Crippen LogP contribution in [0.25, 0.3) is 11.3 Å². The zero-order chi connectivity index (χ0) is 28.9. The molecule has 40 heavy (non-hydrogen) atoms. The number of hydrogen-bond acceptors (Lipinski definition) is 7. The van der Waals surface area contributed by atoms with E-state index < -0.39 is 27.9 Å². The molecule has 208 valence electrons. The standard InChI is InChI=1S/C30H30FN3O5S/c1-19(2)18-38-25-16-23(15-24(31)17-25)27-14-13-26(30(33-27)39-21(4)22-10-6-5-7-11-22)29(35)34-40(36,37)28-12-8-9-20(3)32-28/h5-17,19,21H,18H2,1-4H3,(H,34,35). The number of carbonyl (C=O) groups is 1. The molecule has 0 spiro atoms. The van der Waals surface area contributed by atoms with Gasteiger partial charge in [0.05, 0.1) is 12.3 Å². The number of amides is 1. The molecule has 0 saturated carbocycles. The molecule has 1 N–H and O–H groups in total. The van der Waals surface area contributed by atoms with Crippen LogP contribution in [0.15, 0.2) is 83.9 Å². The van der Waals surface area contributed by atoms with Crippen molar-refractivity contribution in [1.29, 1.82) is 0 Å². The van der Waals surface area contributed by atoms with Crippen molar-refractivity contribution in [1.82, 2.24) is 14.7 Å². The van der Waals surface area contributed by atoms with E-state index in [2.05, 4.69) is 9.97 Å². The van der Waals surface area contributed by atoms with Gasteiger partial charge < -0.3 is 9.47 Å². The molecule has 2 heterocycles. The molecule has 0 aliphatic carbocycles. The first-order valence-electron chi connectivity index (χ1n) is 12.7.